The molecule has 0 spiro atoms. The first-order valence-electron chi connectivity index (χ1n) is 10.6. The van der Waals surface area contributed by atoms with E-state index in [4.69, 9.17) is 0 Å². The van der Waals surface area contributed by atoms with Gasteiger partial charge in [-0.05, 0) is 41.8 Å². The highest BCUT2D eigenvalue weighted by atomic mass is 32.1. The Labute approximate surface area is 203 Å². The van der Waals surface area contributed by atoms with Gasteiger partial charge in [0.2, 0.25) is 0 Å². The van der Waals surface area contributed by atoms with Crippen molar-refractivity contribution < 1.29 is 18.0 Å². The molecule has 0 unspecified atom stereocenters. The van der Waals surface area contributed by atoms with Crippen LogP contribution in [0.15, 0.2) is 66.6 Å². The molecule has 3 N–H and O–H groups in total. The number of benzene rings is 1. The molecular weight excluding hydrogens is 477 g/mol. The number of anilines is 4. The molecule has 0 atom stereocenters. The van der Waals surface area contributed by atoms with Crippen molar-refractivity contribution in [2.75, 3.05) is 16.0 Å². The van der Waals surface area contributed by atoms with Crippen LogP contribution in [0.25, 0.3) is 11.3 Å². The Hall–Kier alpha value is -3.99. The summed E-state index contributed by atoms with van der Waals surface area (Å²) in [4.78, 5) is 25.2. The molecule has 3 aromatic heterocycles. The van der Waals surface area contributed by atoms with Crippen molar-refractivity contribution >= 4 is 39.6 Å². The lowest BCUT2D eigenvalue weighted by Gasteiger charge is -2.10. The molecule has 3 heterocycles. The summed E-state index contributed by atoms with van der Waals surface area (Å²) in [5, 5.41) is 10.5. The zero-order valence-electron chi connectivity index (χ0n) is 18.7. The van der Waals surface area contributed by atoms with Gasteiger partial charge in [-0.15, -0.1) is 11.3 Å². The monoisotopic (exact) mass is 498 g/mol. The van der Waals surface area contributed by atoms with E-state index in [1.54, 1.807) is 30.0 Å². The van der Waals surface area contributed by atoms with Gasteiger partial charge in [-0.1, -0.05) is 19.9 Å². The Balaban J connectivity index is 1.43. The van der Waals surface area contributed by atoms with E-state index < -0.39 is 17.8 Å². The maximum absolute atomic E-state index is 12.9. The number of halogens is 3. The van der Waals surface area contributed by atoms with Crippen molar-refractivity contribution in [1.82, 2.24) is 15.0 Å². The van der Waals surface area contributed by atoms with Crippen LogP contribution in [0, 0.1) is 0 Å². The summed E-state index contributed by atoms with van der Waals surface area (Å²) >= 11 is 1.24. The predicted molar refractivity (Wildman–Crippen MR) is 131 cm³/mol. The molecular formula is C24H21F3N6OS. The molecule has 7 nitrogen and oxygen atoms in total. The second-order valence-electron chi connectivity index (χ2n) is 7.94. The molecule has 1 aromatic carbocycles. The molecule has 180 valence electrons. The molecule has 0 saturated heterocycles. The largest absolute Gasteiger partial charge is 0.416 e. The zero-order valence-corrected chi connectivity index (χ0v) is 19.5. The Morgan fingerprint density at radius 3 is 2.37 bits per heavy atom. The van der Waals surface area contributed by atoms with Crippen LogP contribution in [0.5, 0.6) is 0 Å². The van der Waals surface area contributed by atoms with Crippen molar-refractivity contribution in [1.29, 1.82) is 0 Å². The van der Waals surface area contributed by atoms with Gasteiger partial charge in [0, 0.05) is 29.0 Å². The minimum atomic E-state index is -4.43. The van der Waals surface area contributed by atoms with Crippen molar-refractivity contribution in [2.45, 2.75) is 25.9 Å². The maximum atomic E-state index is 12.9. The minimum Gasteiger partial charge on any atom is -0.332 e. The van der Waals surface area contributed by atoms with E-state index in [1.807, 2.05) is 19.9 Å². The van der Waals surface area contributed by atoms with E-state index in [0.29, 0.717) is 27.8 Å². The number of carbonyl (C=O) groups excluding carboxylic acids is 1. The third kappa shape index (κ3) is 6.33. The normalized spacial score (nSPS) is 11.4. The molecule has 4 aromatic rings. The lowest BCUT2D eigenvalue weighted by Crippen LogP contribution is -2.19. The van der Waals surface area contributed by atoms with E-state index in [9.17, 15) is 18.0 Å². The Morgan fingerprint density at radius 2 is 1.66 bits per heavy atom. The third-order valence-corrected chi connectivity index (χ3v) is 5.68. The van der Waals surface area contributed by atoms with Crippen LogP contribution in [0.3, 0.4) is 0 Å². The number of hydrogen-bond donors (Lipinski definition) is 3. The highest BCUT2D eigenvalue weighted by Gasteiger charge is 2.30. The summed E-state index contributed by atoms with van der Waals surface area (Å²) in [6.45, 7) is 4.08. The summed E-state index contributed by atoms with van der Waals surface area (Å²) in [6, 6.07) is 8.02. The molecule has 35 heavy (non-hydrogen) atoms. The second-order valence-corrected chi connectivity index (χ2v) is 8.80. The summed E-state index contributed by atoms with van der Waals surface area (Å²) in [6.07, 6.45) is 1.98. The molecule has 11 heteroatoms. The van der Waals surface area contributed by atoms with Crippen LogP contribution in [0.2, 0.25) is 0 Å². The van der Waals surface area contributed by atoms with Crippen LogP contribution in [-0.2, 0) is 6.18 Å². The number of hydrogen-bond acceptors (Lipinski definition) is 6. The minimum absolute atomic E-state index is 0.277. The topological polar surface area (TPSA) is 91.8 Å². The van der Waals surface area contributed by atoms with Crippen molar-refractivity contribution in [3.8, 4) is 11.3 Å². The van der Waals surface area contributed by atoms with Gasteiger partial charge >= 0.3 is 12.2 Å². The summed E-state index contributed by atoms with van der Waals surface area (Å²) < 4.78 is 38.8. The van der Waals surface area contributed by atoms with Crippen LogP contribution < -0.4 is 16.0 Å². The first kappa shape index (κ1) is 24.1. The lowest BCUT2D eigenvalue weighted by atomic mass is 10.1. The number of urea groups is 1. The molecule has 0 aliphatic rings. The fraction of sp³-hybridized carbons (Fsp3) is 0.167. The number of pyridine rings is 2. The highest BCUT2D eigenvalue weighted by Crippen LogP contribution is 2.33. The van der Waals surface area contributed by atoms with Crippen molar-refractivity contribution in [3.63, 3.8) is 0 Å². The zero-order chi connectivity index (χ0) is 25.0. The smallest absolute Gasteiger partial charge is 0.332 e. The van der Waals surface area contributed by atoms with Gasteiger partial charge < -0.3 is 16.0 Å². The Kier molecular flexibility index (Phi) is 6.97. The van der Waals surface area contributed by atoms with Crippen LogP contribution in [0.1, 0.15) is 30.9 Å². The van der Waals surface area contributed by atoms with Gasteiger partial charge in [-0.2, -0.15) is 13.2 Å². The molecule has 0 radical (unpaired) electrons. The first-order valence-corrected chi connectivity index (χ1v) is 11.4. The molecule has 4 rings (SSSR count). The standard InChI is InChI=1S/C24H21F3N6OS/c1-14(2)15-6-19(11-28-9-15)30-22(34)31-20-7-16(10-29-12-20)21-13-35-23(33-21)32-18-5-3-4-17(8-18)24(25,26)27/h3-14H,1-2H3,(H,32,33)(H2,30,31,34). The molecule has 0 saturated carbocycles. The molecule has 0 bridgehead atoms. The van der Waals surface area contributed by atoms with Crippen LogP contribution in [-0.4, -0.2) is 21.0 Å². The van der Waals surface area contributed by atoms with Gasteiger partial charge in [-0.25, -0.2) is 9.78 Å². The number of thiazole rings is 1. The lowest BCUT2D eigenvalue weighted by molar-refractivity contribution is -0.137. The molecule has 2 amide bonds. The van der Waals surface area contributed by atoms with Gasteiger partial charge in [0.25, 0.3) is 0 Å². The second kappa shape index (κ2) is 10.1. The number of nitrogens with zero attached hydrogens (tertiary/aromatic N) is 3. The SMILES string of the molecule is CC(C)c1cncc(NC(=O)Nc2cncc(-c3csc(Nc4cccc(C(F)(F)F)c4)n3)c2)c1. The van der Waals surface area contributed by atoms with Gasteiger partial charge in [0.15, 0.2) is 5.13 Å². The van der Waals surface area contributed by atoms with E-state index in [-0.39, 0.29) is 11.6 Å². The summed E-state index contributed by atoms with van der Waals surface area (Å²) in [7, 11) is 0. The van der Waals surface area contributed by atoms with Crippen molar-refractivity contribution in [3.05, 3.63) is 77.7 Å². The number of aromatic nitrogens is 3. The highest BCUT2D eigenvalue weighted by molar-refractivity contribution is 7.14. The van der Waals surface area contributed by atoms with Crippen molar-refractivity contribution in [2.24, 2.45) is 0 Å². The third-order valence-electron chi connectivity index (χ3n) is 4.92. The quantitative estimate of drug-likeness (QED) is 0.263. The average Bonchev–Trinajstić information content (AvgIpc) is 3.27. The number of carbonyl (C=O) groups is 1. The van der Waals surface area contributed by atoms with Gasteiger partial charge in [-0.3, -0.25) is 9.97 Å². The first-order chi connectivity index (χ1) is 16.7. The number of nitrogens with one attached hydrogen (secondary N) is 3. The molecule has 0 fully saturated rings. The number of alkyl halides is 3. The Bertz CT molecular complexity index is 1340. The average molecular weight is 499 g/mol. The fourth-order valence-electron chi connectivity index (χ4n) is 3.14. The summed E-state index contributed by atoms with van der Waals surface area (Å²) in [5.74, 6) is 0.277. The molecule has 0 aliphatic heterocycles. The fourth-order valence-corrected chi connectivity index (χ4v) is 3.88. The molecule has 0 aliphatic carbocycles. The van der Waals surface area contributed by atoms with E-state index >= 15 is 0 Å². The van der Waals surface area contributed by atoms with Crippen LogP contribution >= 0.6 is 11.3 Å². The summed E-state index contributed by atoms with van der Waals surface area (Å²) in [5.41, 5.74) is 2.77. The van der Waals surface area contributed by atoms with Crippen LogP contribution in [0.4, 0.5) is 40.2 Å². The number of amides is 2. The van der Waals surface area contributed by atoms with Gasteiger partial charge in [0.1, 0.15) is 0 Å². The van der Waals surface area contributed by atoms with E-state index in [0.717, 1.165) is 17.7 Å². The Morgan fingerprint density at radius 1 is 0.943 bits per heavy atom. The van der Waals surface area contributed by atoms with E-state index in [1.165, 1.54) is 29.7 Å². The maximum Gasteiger partial charge on any atom is 0.416 e. The predicted octanol–water partition coefficient (Wildman–Crippen LogP) is 7.13. The van der Waals surface area contributed by atoms with E-state index in [2.05, 4.69) is 30.9 Å². The number of rotatable bonds is 6. The van der Waals surface area contributed by atoms with Gasteiger partial charge in [0.05, 0.1) is 35.0 Å².